The molecule has 1 heterocycles. The van der Waals surface area contributed by atoms with Crippen LogP contribution in [0.3, 0.4) is 0 Å². The van der Waals surface area contributed by atoms with Gasteiger partial charge >= 0.3 is 0 Å². The van der Waals surface area contributed by atoms with Crippen molar-refractivity contribution in [2.75, 3.05) is 6.61 Å². The maximum atomic E-state index is 9.54. The lowest BCUT2D eigenvalue weighted by Gasteiger charge is -2.19. The van der Waals surface area contributed by atoms with Crippen LogP contribution in [0, 0.1) is 6.92 Å². The van der Waals surface area contributed by atoms with Gasteiger partial charge in [0.05, 0.1) is 6.61 Å². The first-order valence-electron chi connectivity index (χ1n) is 11.7. The molecule has 4 aromatic carbocycles. The van der Waals surface area contributed by atoms with Crippen molar-refractivity contribution in [1.82, 2.24) is 0 Å². The monoisotopic (exact) mass is 488 g/mol. The van der Waals surface area contributed by atoms with Gasteiger partial charge in [0.1, 0.15) is 0 Å². The smallest absolute Gasteiger partial charge is 0.0699 e. The van der Waals surface area contributed by atoms with Gasteiger partial charge in [0, 0.05) is 19.6 Å². The average Bonchev–Trinajstić information content (AvgIpc) is 3.35. The third-order valence-electron chi connectivity index (χ3n) is 6.52. The van der Waals surface area contributed by atoms with E-state index in [0.717, 1.165) is 16.9 Å². The first-order chi connectivity index (χ1) is 17.2. The molecule has 0 saturated heterocycles. The molecule has 1 aliphatic carbocycles. The van der Waals surface area contributed by atoms with E-state index in [-0.39, 0.29) is 6.61 Å². The van der Waals surface area contributed by atoms with Gasteiger partial charge in [-0.05, 0) is 100 Å². The number of aliphatic hydroxyl groups excluding tert-OH is 1. The van der Waals surface area contributed by atoms with E-state index < -0.39 is 0 Å². The SMILES string of the molecule is Cc1cc(-c2cccc(-c3ccc4c(c3)Cc3ccccc3S4)c2)ccc1SC1=C(CO)C=C=C1. The predicted molar refractivity (Wildman–Crippen MR) is 148 cm³/mol. The summed E-state index contributed by atoms with van der Waals surface area (Å²) >= 11 is 3.57. The summed E-state index contributed by atoms with van der Waals surface area (Å²) < 4.78 is 0. The summed E-state index contributed by atoms with van der Waals surface area (Å²) in [4.78, 5) is 5.00. The highest BCUT2D eigenvalue weighted by Crippen LogP contribution is 2.41. The molecule has 0 aromatic heterocycles. The Kier molecular flexibility index (Phi) is 6.01. The summed E-state index contributed by atoms with van der Waals surface area (Å²) in [7, 11) is 0. The van der Waals surface area contributed by atoms with E-state index in [2.05, 4.69) is 97.6 Å². The van der Waals surface area contributed by atoms with Crippen LogP contribution in [0.2, 0.25) is 0 Å². The van der Waals surface area contributed by atoms with Gasteiger partial charge in [0.15, 0.2) is 0 Å². The Bertz CT molecular complexity index is 1550. The largest absolute Gasteiger partial charge is 0.392 e. The summed E-state index contributed by atoms with van der Waals surface area (Å²) in [5.74, 6) is 0. The highest BCUT2D eigenvalue weighted by Gasteiger charge is 2.16. The number of fused-ring (bicyclic) bond motifs is 2. The van der Waals surface area contributed by atoms with Crippen molar-refractivity contribution in [1.29, 1.82) is 0 Å². The van der Waals surface area contributed by atoms with E-state index in [9.17, 15) is 5.11 Å². The molecule has 2 aliphatic rings. The van der Waals surface area contributed by atoms with Crippen molar-refractivity contribution in [2.24, 2.45) is 0 Å². The van der Waals surface area contributed by atoms with Crippen molar-refractivity contribution < 1.29 is 5.11 Å². The molecule has 1 nitrogen and oxygen atoms in total. The van der Waals surface area contributed by atoms with Crippen LogP contribution in [0.25, 0.3) is 22.3 Å². The van der Waals surface area contributed by atoms with Crippen LogP contribution in [0.4, 0.5) is 0 Å². The maximum absolute atomic E-state index is 9.54. The number of rotatable bonds is 5. The first-order valence-corrected chi connectivity index (χ1v) is 13.4. The van der Waals surface area contributed by atoms with E-state index in [1.165, 1.54) is 53.6 Å². The van der Waals surface area contributed by atoms with Gasteiger partial charge in [0.2, 0.25) is 0 Å². The first kappa shape index (κ1) is 22.3. The summed E-state index contributed by atoms with van der Waals surface area (Å²) in [6.07, 6.45) is 4.79. The normalized spacial score (nSPS) is 13.8. The van der Waals surface area contributed by atoms with Gasteiger partial charge in [-0.1, -0.05) is 78.1 Å². The lowest BCUT2D eigenvalue weighted by molar-refractivity contribution is 0.335. The Hall–Kier alpha value is -3.20. The molecule has 0 amide bonds. The molecule has 0 saturated carbocycles. The Morgan fingerprint density at radius 3 is 2.34 bits per heavy atom. The predicted octanol–water partition coefficient (Wildman–Crippen LogP) is 8.45. The second kappa shape index (κ2) is 9.45. The van der Waals surface area contributed by atoms with Crippen LogP contribution < -0.4 is 0 Å². The lowest BCUT2D eigenvalue weighted by atomic mass is 9.95. The van der Waals surface area contributed by atoms with E-state index in [0.29, 0.717) is 0 Å². The van der Waals surface area contributed by atoms with Gasteiger partial charge in [0.25, 0.3) is 0 Å². The Morgan fingerprint density at radius 1 is 0.771 bits per heavy atom. The minimum atomic E-state index is 0.0453. The maximum Gasteiger partial charge on any atom is 0.0699 e. The number of aryl methyl sites for hydroxylation is 1. The number of benzene rings is 4. The van der Waals surface area contributed by atoms with Crippen LogP contribution in [-0.4, -0.2) is 11.7 Å². The number of allylic oxidation sites excluding steroid dienone is 1. The lowest BCUT2D eigenvalue weighted by Crippen LogP contribution is -1.99. The molecule has 0 radical (unpaired) electrons. The fourth-order valence-corrected chi connectivity index (χ4v) is 6.64. The summed E-state index contributed by atoms with van der Waals surface area (Å²) in [6.45, 7) is 2.20. The summed E-state index contributed by atoms with van der Waals surface area (Å²) in [5, 5.41) is 9.54. The highest BCUT2D eigenvalue weighted by molar-refractivity contribution is 8.03. The highest BCUT2D eigenvalue weighted by atomic mass is 32.2. The molecule has 35 heavy (non-hydrogen) atoms. The molecular weight excluding hydrogens is 464 g/mol. The molecule has 0 bridgehead atoms. The van der Waals surface area contributed by atoms with Crippen LogP contribution in [0.1, 0.15) is 16.7 Å². The van der Waals surface area contributed by atoms with Crippen molar-refractivity contribution in [2.45, 2.75) is 28.0 Å². The van der Waals surface area contributed by atoms with Gasteiger partial charge < -0.3 is 5.11 Å². The van der Waals surface area contributed by atoms with Gasteiger partial charge in [-0.25, -0.2) is 0 Å². The average molecular weight is 489 g/mol. The third-order valence-corrected chi connectivity index (χ3v) is 9.03. The van der Waals surface area contributed by atoms with E-state index in [4.69, 9.17) is 0 Å². The Morgan fingerprint density at radius 2 is 1.51 bits per heavy atom. The number of thioether (sulfide) groups is 1. The van der Waals surface area contributed by atoms with Gasteiger partial charge in [-0.15, -0.1) is 5.73 Å². The molecule has 0 unspecified atom stereocenters. The van der Waals surface area contributed by atoms with E-state index in [1.54, 1.807) is 11.8 Å². The molecule has 0 fully saturated rings. The zero-order valence-electron chi connectivity index (χ0n) is 19.4. The second-order valence-corrected chi connectivity index (χ2v) is 11.0. The number of hydrogen-bond donors (Lipinski definition) is 1. The van der Waals surface area contributed by atoms with Crippen molar-refractivity contribution in [3.8, 4) is 22.3 Å². The molecule has 170 valence electrons. The molecule has 4 aromatic rings. The molecule has 1 N–H and O–H groups in total. The number of hydrogen-bond acceptors (Lipinski definition) is 3. The fraction of sp³-hybridized carbons (Fsp3) is 0.0938. The molecule has 1 aliphatic heterocycles. The van der Waals surface area contributed by atoms with Crippen molar-refractivity contribution >= 4 is 23.5 Å². The van der Waals surface area contributed by atoms with Crippen LogP contribution in [0.5, 0.6) is 0 Å². The van der Waals surface area contributed by atoms with Crippen molar-refractivity contribution in [3.05, 3.63) is 130 Å². The summed E-state index contributed by atoms with van der Waals surface area (Å²) in [5.41, 5.74) is 13.0. The molecule has 0 spiro atoms. The van der Waals surface area contributed by atoms with Crippen molar-refractivity contribution in [3.63, 3.8) is 0 Å². The van der Waals surface area contributed by atoms with Crippen LogP contribution >= 0.6 is 23.5 Å². The molecular formula is C32H24OS2. The van der Waals surface area contributed by atoms with Gasteiger partial charge in [-0.2, -0.15) is 0 Å². The zero-order valence-corrected chi connectivity index (χ0v) is 21.0. The minimum absolute atomic E-state index is 0.0453. The van der Waals surface area contributed by atoms with Crippen LogP contribution in [-0.2, 0) is 6.42 Å². The standard InChI is InChI=1S/C32H24OS2/c1-21-16-24(12-14-29(21)34-31-11-5-9-27(31)20-33)22-7-4-8-23(17-22)25-13-15-32-28(18-25)19-26-6-2-3-10-30(26)35-32/h2-4,6-18,33H,19-20H2,1H3. The minimum Gasteiger partial charge on any atom is -0.392 e. The topological polar surface area (TPSA) is 20.2 Å². The molecule has 3 heteroatoms. The van der Waals surface area contributed by atoms with Crippen LogP contribution in [0.15, 0.2) is 128 Å². The quantitative estimate of drug-likeness (QED) is 0.251. The van der Waals surface area contributed by atoms with Gasteiger partial charge in [-0.3, -0.25) is 0 Å². The number of aliphatic hydroxyl groups is 1. The van der Waals surface area contributed by atoms with E-state index in [1.807, 2.05) is 23.9 Å². The fourth-order valence-electron chi connectivity index (χ4n) is 4.61. The van der Waals surface area contributed by atoms with E-state index >= 15 is 0 Å². The Balaban J connectivity index is 1.27. The third kappa shape index (κ3) is 4.45. The molecule has 6 rings (SSSR count). The Labute approximate surface area is 214 Å². The second-order valence-electron chi connectivity index (χ2n) is 8.88. The molecule has 0 atom stereocenters. The zero-order chi connectivity index (χ0) is 23.8. The summed E-state index contributed by atoms with van der Waals surface area (Å²) in [6, 6.07) is 31.1.